The Bertz CT molecular complexity index is 1240. The Balaban J connectivity index is 1.79. The van der Waals surface area contributed by atoms with Crippen molar-refractivity contribution >= 4 is 16.0 Å². The molecule has 1 heterocycles. The van der Waals surface area contributed by atoms with Crippen LogP contribution in [0.3, 0.4) is 0 Å². The topological polar surface area (TPSA) is 90.4 Å². The van der Waals surface area contributed by atoms with Crippen LogP contribution >= 0.6 is 0 Å². The summed E-state index contributed by atoms with van der Waals surface area (Å²) in [6.07, 6.45) is 0. The number of hydrogen-bond acceptors (Lipinski definition) is 6. The first-order valence-electron chi connectivity index (χ1n) is 9.74. The fraction of sp³-hybridized carbons (Fsp3) is 0.0833. The van der Waals surface area contributed by atoms with Crippen molar-refractivity contribution in [2.24, 2.45) is 0 Å². The SMILES string of the molecule is COc1ccc(-c2cc(-c3ccc(OC)cc3)nc(NS(=O)(=O)c3ccccc3)n2)cc1. The molecule has 0 radical (unpaired) electrons. The summed E-state index contributed by atoms with van der Waals surface area (Å²) in [5.74, 6) is 1.40. The van der Waals surface area contributed by atoms with Crippen LogP contribution in [0.4, 0.5) is 5.95 Å². The Morgan fingerprint density at radius 3 is 1.59 bits per heavy atom. The largest absolute Gasteiger partial charge is 0.497 e. The molecule has 3 aromatic carbocycles. The Labute approximate surface area is 186 Å². The van der Waals surface area contributed by atoms with Crippen molar-refractivity contribution in [2.75, 3.05) is 18.9 Å². The quantitative estimate of drug-likeness (QED) is 0.444. The number of sulfonamides is 1. The summed E-state index contributed by atoms with van der Waals surface area (Å²) >= 11 is 0. The van der Waals surface area contributed by atoms with E-state index in [0.717, 1.165) is 11.1 Å². The Morgan fingerprint density at radius 2 is 1.16 bits per heavy atom. The van der Waals surface area contributed by atoms with Gasteiger partial charge in [0.1, 0.15) is 11.5 Å². The molecule has 0 saturated heterocycles. The number of anilines is 1. The van der Waals surface area contributed by atoms with E-state index in [1.54, 1.807) is 32.4 Å². The van der Waals surface area contributed by atoms with Crippen LogP contribution in [0, 0.1) is 0 Å². The standard InChI is InChI=1S/C24H21N3O4S/c1-30-19-12-8-17(9-13-19)22-16-23(18-10-14-20(31-2)15-11-18)26-24(25-22)27-32(28,29)21-6-4-3-5-7-21/h3-16H,1-2H3,(H,25,26,27). The molecular formula is C24H21N3O4S. The molecule has 0 aliphatic rings. The summed E-state index contributed by atoms with van der Waals surface area (Å²) in [4.78, 5) is 9.05. The third kappa shape index (κ3) is 4.70. The summed E-state index contributed by atoms with van der Waals surface area (Å²) < 4.78 is 38.6. The van der Waals surface area contributed by atoms with Gasteiger partial charge in [-0.2, -0.15) is 0 Å². The smallest absolute Gasteiger partial charge is 0.264 e. The normalized spacial score (nSPS) is 11.1. The van der Waals surface area contributed by atoms with Gasteiger partial charge in [-0.05, 0) is 66.7 Å². The van der Waals surface area contributed by atoms with Crippen LogP contribution in [-0.4, -0.2) is 32.6 Å². The van der Waals surface area contributed by atoms with E-state index in [1.807, 2.05) is 54.6 Å². The lowest BCUT2D eigenvalue weighted by atomic mass is 10.1. The molecule has 32 heavy (non-hydrogen) atoms. The number of nitrogens with zero attached hydrogens (tertiary/aromatic N) is 2. The van der Waals surface area contributed by atoms with Gasteiger partial charge in [-0.3, -0.25) is 0 Å². The van der Waals surface area contributed by atoms with Gasteiger partial charge in [-0.15, -0.1) is 0 Å². The number of benzene rings is 3. The highest BCUT2D eigenvalue weighted by atomic mass is 32.2. The first-order chi connectivity index (χ1) is 15.5. The highest BCUT2D eigenvalue weighted by Gasteiger charge is 2.17. The van der Waals surface area contributed by atoms with Crippen molar-refractivity contribution in [3.8, 4) is 34.0 Å². The zero-order valence-corrected chi connectivity index (χ0v) is 18.3. The van der Waals surface area contributed by atoms with Crippen molar-refractivity contribution < 1.29 is 17.9 Å². The third-order valence-electron chi connectivity index (χ3n) is 4.78. The maximum absolute atomic E-state index is 12.8. The summed E-state index contributed by atoms with van der Waals surface area (Å²) in [5.41, 5.74) is 2.73. The van der Waals surface area contributed by atoms with Gasteiger partial charge in [0.15, 0.2) is 0 Å². The Morgan fingerprint density at radius 1 is 0.688 bits per heavy atom. The lowest BCUT2D eigenvalue weighted by Crippen LogP contribution is -2.15. The third-order valence-corrected chi connectivity index (χ3v) is 6.12. The summed E-state index contributed by atoms with van der Waals surface area (Å²) in [6.45, 7) is 0. The second kappa shape index (κ2) is 9.07. The minimum atomic E-state index is -3.85. The number of rotatable bonds is 7. The molecule has 162 valence electrons. The highest BCUT2D eigenvalue weighted by Crippen LogP contribution is 2.28. The molecule has 0 aliphatic carbocycles. The molecule has 0 aliphatic heterocycles. The lowest BCUT2D eigenvalue weighted by Gasteiger charge is -2.11. The fourth-order valence-corrected chi connectivity index (χ4v) is 4.06. The van der Waals surface area contributed by atoms with Crippen LogP contribution in [-0.2, 0) is 10.0 Å². The molecule has 0 amide bonds. The molecule has 0 bridgehead atoms. The van der Waals surface area contributed by atoms with Crippen LogP contribution < -0.4 is 14.2 Å². The minimum Gasteiger partial charge on any atom is -0.497 e. The van der Waals surface area contributed by atoms with Gasteiger partial charge in [-0.25, -0.2) is 23.1 Å². The number of nitrogens with one attached hydrogen (secondary N) is 1. The van der Waals surface area contributed by atoms with Gasteiger partial charge in [0.05, 0.1) is 30.5 Å². The summed E-state index contributed by atoms with van der Waals surface area (Å²) in [6, 6.07) is 24.6. The van der Waals surface area contributed by atoms with Crippen LogP contribution in [0.25, 0.3) is 22.5 Å². The zero-order chi connectivity index (χ0) is 22.6. The summed E-state index contributed by atoms with van der Waals surface area (Å²) in [7, 11) is -0.657. The van der Waals surface area contributed by atoms with E-state index in [0.29, 0.717) is 22.9 Å². The molecule has 0 atom stereocenters. The van der Waals surface area contributed by atoms with Gasteiger partial charge < -0.3 is 9.47 Å². The molecular weight excluding hydrogens is 426 g/mol. The average Bonchev–Trinajstić information content (AvgIpc) is 2.84. The van der Waals surface area contributed by atoms with E-state index in [9.17, 15) is 8.42 Å². The maximum atomic E-state index is 12.8. The second-order valence-electron chi connectivity index (χ2n) is 6.84. The van der Waals surface area contributed by atoms with E-state index in [4.69, 9.17) is 9.47 Å². The van der Waals surface area contributed by atoms with E-state index in [2.05, 4.69) is 14.7 Å². The lowest BCUT2D eigenvalue weighted by molar-refractivity contribution is 0.415. The number of methoxy groups -OCH3 is 2. The van der Waals surface area contributed by atoms with E-state index >= 15 is 0 Å². The predicted octanol–water partition coefficient (Wildman–Crippen LogP) is 4.63. The molecule has 0 fully saturated rings. The average molecular weight is 448 g/mol. The number of ether oxygens (including phenoxy) is 2. The van der Waals surface area contributed by atoms with Crippen LogP contribution in [0.5, 0.6) is 11.5 Å². The first kappa shape index (κ1) is 21.3. The molecule has 4 rings (SSSR count). The van der Waals surface area contributed by atoms with Gasteiger partial charge in [0, 0.05) is 11.1 Å². The fourth-order valence-electron chi connectivity index (χ4n) is 3.09. The van der Waals surface area contributed by atoms with Crippen LogP contribution in [0.2, 0.25) is 0 Å². The van der Waals surface area contributed by atoms with Crippen molar-refractivity contribution in [2.45, 2.75) is 4.90 Å². The summed E-state index contributed by atoms with van der Waals surface area (Å²) in [5, 5.41) is 0. The van der Waals surface area contributed by atoms with Crippen molar-refractivity contribution in [1.82, 2.24) is 9.97 Å². The zero-order valence-electron chi connectivity index (χ0n) is 17.5. The molecule has 7 nitrogen and oxygen atoms in total. The Hall–Kier alpha value is -3.91. The first-order valence-corrected chi connectivity index (χ1v) is 11.2. The molecule has 0 spiro atoms. The van der Waals surface area contributed by atoms with Crippen molar-refractivity contribution in [3.05, 3.63) is 84.9 Å². The Kier molecular flexibility index (Phi) is 6.04. The minimum absolute atomic E-state index is 0.0204. The highest BCUT2D eigenvalue weighted by molar-refractivity contribution is 7.92. The monoisotopic (exact) mass is 447 g/mol. The molecule has 8 heteroatoms. The number of hydrogen-bond donors (Lipinski definition) is 1. The van der Waals surface area contributed by atoms with Gasteiger partial charge in [0.25, 0.3) is 10.0 Å². The van der Waals surface area contributed by atoms with E-state index < -0.39 is 10.0 Å². The molecule has 1 N–H and O–H groups in total. The van der Waals surface area contributed by atoms with Gasteiger partial charge in [0.2, 0.25) is 5.95 Å². The number of aromatic nitrogens is 2. The van der Waals surface area contributed by atoms with Crippen molar-refractivity contribution in [3.63, 3.8) is 0 Å². The maximum Gasteiger partial charge on any atom is 0.264 e. The predicted molar refractivity (Wildman–Crippen MR) is 123 cm³/mol. The van der Waals surface area contributed by atoms with Gasteiger partial charge >= 0.3 is 0 Å². The van der Waals surface area contributed by atoms with E-state index in [1.165, 1.54) is 12.1 Å². The molecule has 4 aromatic rings. The molecule has 1 aromatic heterocycles. The molecule has 0 unspecified atom stereocenters. The van der Waals surface area contributed by atoms with Crippen LogP contribution in [0.1, 0.15) is 0 Å². The van der Waals surface area contributed by atoms with Crippen LogP contribution in [0.15, 0.2) is 89.8 Å². The van der Waals surface area contributed by atoms with Gasteiger partial charge in [-0.1, -0.05) is 18.2 Å². The van der Waals surface area contributed by atoms with Crippen molar-refractivity contribution in [1.29, 1.82) is 0 Å². The van der Waals surface area contributed by atoms with E-state index in [-0.39, 0.29) is 10.8 Å². The molecule has 0 saturated carbocycles. The second-order valence-corrected chi connectivity index (χ2v) is 8.52.